The molecule has 1 saturated carbocycles. The summed E-state index contributed by atoms with van der Waals surface area (Å²) in [5, 5.41) is 6.36. The minimum absolute atomic E-state index is 0.0555. The number of ether oxygens (including phenoxy) is 1. The van der Waals surface area contributed by atoms with Crippen molar-refractivity contribution in [2.45, 2.75) is 70.2 Å². The minimum atomic E-state index is -0.799. The van der Waals surface area contributed by atoms with Crippen LogP contribution in [-0.2, 0) is 20.9 Å². The fraction of sp³-hybridized carbons (Fsp3) is 0.436. The molecule has 4 aromatic rings. The lowest BCUT2D eigenvalue weighted by molar-refractivity contribution is -0.138. The van der Waals surface area contributed by atoms with Crippen molar-refractivity contribution in [3.63, 3.8) is 0 Å². The highest BCUT2D eigenvalue weighted by atomic mass is 16.5. The van der Waals surface area contributed by atoms with Crippen LogP contribution in [0.1, 0.15) is 77.9 Å². The Bertz CT molecular complexity index is 2170. The van der Waals surface area contributed by atoms with E-state index in [-0.39, 0.29) is 49.1 Å². The SMILES string of the molecule is C[C@@H](Oc1cccc2c1CN([C@@H]1CCC(=O)NC1=O)C2=O)C(=O)N1CCN(c2ccc(Nc3ncc4cc(C(=O)N(C)C)n(C5CCCC5)c4n3)nc2)CC1. The van der Waals surface area contributed by atoms with Gasteiger partial charge in [-0.05, 0) is 56.5 Å². The summed E-state index contributed by atoms with van der Waals surface area (Å²) in [6.07, 6.45) is 7.44. The lowest BCUT2D eigenvalue weighted by atomic mass is 10.0. The molecule has 16 nitrogen and oxygen atoms in total. The van der Waals surface area contributed by atoms with E-state index in [0.717, 1.165) is 42.4 Å². The van der Waals surface area contributed by atoms with E-state index in [4.69, 9.17) is 9.72 Å². The summed E-state index contributed by atoms with van der Waals surface area (Å²) in [7, 11) is 3.52. The van der Waals surface area contributed by atoms with Gasteiger partial charge in [0.2, 0.25) is 17.8 Å². The van der Waals surface area contributed by atoms with Crippen molar-refractivity contribution in [2.75, 3.05) is 50.5 Å². The summed E-state index contributed by atoms with van der Waals surface area (Å²) in [6.45, 7) is 4.07. The number of nitrogens with one attached hydrogen (secondary N) is 2. The predicted molar refractivity (Wildman–Crippen MR) is 202 cm³/mol. The number of anilines is 3. The van der Waals surface area contributed by atoms with Crippen molar-refractivity contribution in [3.05, 3.63) is 65.6 Å². The third kappa shape index (κ3) is 6.92. The number of carbonyl (C=O) groups is 5. The third-order valence-corrected chi connectivity index (χ3v) is 11.0. The van der Waals surface area contributed by atoms with Gasteiger partial charge in [0.25, 0.3) is 17.7 Å². The molecule has 0 unspecified atom stereocenters. The quantitative estimate of drug-likeness (QED) is 0.241. The molecule has 4 aliphatic rings. The lowest BCUT2D eigenvalue weighted by Gasteiger charge is -2.37. The normalized spacial score (nSPS) is 19.4. The van der Waals surface area contributed by atoms with Gasteiger partial charge in [-0.25, -0.2) is 9.97 Å². The number of amides is 5. The van der Waals surface area contributed by atoms with Gasteiger partial charge in [-0.15, -0.1) is 0 Å². The van der Waals surface area contributed by atoms with Crippen LogP contribution in [-0.4, -0.2) is 116 Å². The first-order valence-corrected chi connectivity index (χ1v) is 18.9. The van der Waals surface area contributed by atoms with Gasteiger partial charge >= 0.3 is 0 Å². The van der Waals surface area contributed by atoms with Gasteiger partial charge < -0.3 is 34.2 Å². The molecule has 2 saturated heterocycles. The van der Waals surface area contributed by atoms with Crippen molar-refractivity contribution in [2.24, 2.45) is 0 Å². The van der Waals surface area contributed by atoms with Crippen LogP contribution in [0.25, 0.3) is 11.0 Å². The fourth-order valence-electron chi connectivity index (χ4n) is 8.11. The average molecular weight is 749 g/mol. The lowest BCUT2D eigenvalue weighted by Crippen LogP contribution is -2.52. The van der Waals surface area contributed by atoms with Crippen LogP contribution in [0.15, 0.2) is 48.8 Å². The first-order valence-electron chi connectivity index (χ1n) is 18.9. The molecule has 0 bridgehead atoms. The number of benzene rings is 1. The summed E-state index contributed by atoms with van der Waals surface area (Å²) >= 11 is 0. The van der Waals surface area contributed by atoms with E-state index in [0.29, 0.717) is 60.5 Å². The van der Waals surface area contributed by atoms with Crippen molar-refractivity contribution < 1.29 is 28.7 Å². The Kier molecular flexibility index (Phi) is 9.57. The number of rotatable bonds is 9. The highest BCUT2D eigenvalue weighted by molar-refractivity contribution is 6.05. The van der Waals surface area contributed by atoms with Crippen molar-refractivity contribution in [3.8, 4) is 5.75 Å². The number of carbonyl (C=O) groups excluding carboxylic acids is 5. The predicted octanol–water partition coefficient (Wildman–Crippen LogP) is 3.26. The molecule has 0 spiro atoms. The summed E-state index contributed by atoms with van der Waals surface area (Å²) < 4.78 is 8.25. The third-order valence-electron chi connectivity index (χ3n) is 11.0. The van der Waals surface area contributed by atoms with E-state index in [1.54, 1.807) is 61.4 Å². The second kappa shape index (κ2) is 14.6. The molecular weight excluding hydrogens is 704 g/mol. The number of nitrogens with zero attached hydrogens (tertiary/aromatic N) is 8. The molecule has 1 aromatic carbocycles. The van der Waals surface area contributed by atoms with E-state index >= 15 is 0 Å². The number of piperidine rings is 1. The first kappa shape index (κ1) is 35.9. The zero-order valence-electron chi connectivity index (χ0n) is 31.2. The monoisotopic (exact) mass is 748 g/mol. The minimum Gasteiger partial charge on any atom is -0.481 e. The summed E-state index contributed by atoms with van der Waals surface area (Å²) in [4.78, 5) is 84.9. The van der Waals surface area contributed by atoms with Crippen LogP contribution in [0.3, 0.4) is 0 Å². The number of hydrogen-bond acceptors (Lipinski definition) is 11. The van der Waals surface area contributed by atoms with Crippen LogP contribution in [0.2, 0.25) is 0 Å². The number of aromatic nitrogens is 4. The first-order chi connectivity index (χ1) is 26.5. The topological polar surface area (TPSA) is 175 Å². The van der Waals surface area contributed by atoms with Gasteiger partial charge in [0.05, 0.1) is 18.4 Å². The van der Waals surface area contributed by atoms with Crippen molar-refractivity contribution in [1.82, 2.24) is 39.5 Å². The second-order valence-corrected chi connectivity index (χ2v) is 14.8. The van der Waals surface area contributed by atoms with Gasteiger partial charge in [-0.1, -0.05) is 18.9 Å². The molecule has 3 aliphatic heterocycles. The molecule has 3 fully saturated rings. The Morgan fingerprint density at radius 2 is 1.76 bits per heavy atom. The highest BCUT2D eigenvalue weighted by Gasteiger charge is 2.40. The zero-order valence-corrected chi connectivity index (χ0v) is 31.2. The molecule has 3 aromatic heterocycles. The summed E-state index contributed by atoms with van der Waals surface area (Å²) in [5.41, 5.74) is 3.34. The van der Waals surface area contributed by atoms with Crippen LogP contribution < -0.4 is 20.3 Å². The molecule has 8 rings (SSSR count). The highest BCUT2D eigenvalue weighted by Crippen LogP contribution is 2.36. The van der Waals surface area contributed by atoms with Crippen molar-refractivity contribution >= 4 is 58.0 Å². The molecule has 0 radical (unpaired) electrons. The van der Waals surface area contributed by atoms with E-state index in [1.807, 2.05) is 18.2 Å². The van der Waals surface area contributed by atoms with Crippen LogP contribution in [0.4, 0.5) is 17.5 Å². The smallest absolute Gasteiger partial charge is 0.270 e. The maximum atomic E-state index is 13.5. The van der Waals surface area contributed by atoms with E-state index in [2.05, 4.69) is 30.1 Å². The molecule has 5 amide bonds. The van der Waals surface area contributed by atoms with Crippen LogP contribution in [0.5, 0.6) is 5.75 Å². The van der Waals surface area contributed by atoms with Gasteiger partial charge in [-0.3, -0.25) is 29.3 Å². The van der Waals surface area contributed by atoms with E-state index < -0.39 is 18.1 Å². The Labute approximate surface area is 317 Å². The Morgan fingerprint density at radius 1 is 0.982 bits per heavy atom. The van der Waals surface area contributed by atoms with Gasteiger partial charge in [0, 0.05) is 75.4 Å². The molecule has 2 atom stereocenters. The fourth-order valence-corrected chi connectivity index (χ4v) is 8.11. The Hall–Kier alpha value is -6.06. The van der Waals surface area contributed by atoms with Crippen molar-refractivity contribution in [1.29, 1.82) is 0 Å². The van der Waals surface area contributed by atoms with Crippen LogP contribution >= 0.6 is 0 Å². The molecular formula is C39H44N10O6. The summed E-state index contributed by atoms with van der Waals surface area (Å²) in [5.74, 6) is 0.0844. The van der Waals surface area contributed by atoms with Gasteiger partial charge in [-0.2, -0.15) is 4.98 Å². The number of imide groups is 1. The Balaban J connectivity index is 0.875. The molecule has 16 heteroatoms. The maximum Gasteiger partial charge on any atom is 0.270 e. The average Bonchev–Trinajstić information content (AvgIpc) is 3.93. The van der Waals surface area contributed by atoms with Gasteiger partial charge in [0.15, 0.2) is 6.10 Å². The number of pyridine rings is 1. The molecule has 1 aliphatic carbocycles. The standard InChI is InChI=1S/C39H44N10O6/c1-23(55-31-10-6-9-27-28(31)22-48(37(27)53)29-12-14-33(50)43-35(29)51)36(52)47-17-15-46(16-18-47)26-11-13-32(40-21-26)42-39-41-20-24-19-30(38(54)45(2)3)49(34(24)44-39)25-7-4-5-8-25/h6,9-11,13,19-21,23,25,29H,4-5,7-8,12,14-18,22H2,1-3H3,(H,43,50,51)(H,40,41,42,44)/t23-,29-/m1/s1. The molecule has 55 heavy (non-hydrogen) atoms. The number of hydrogen-bond donors (Lipinski definition) is 2. The largest absolute Gasteiger partial charge is 0.481 e. The zero-order chi connectivity index (χ0) is 38.4. The Morgan fingerprint density at radius 3 is 2.47 bits per heavy atom. The number of piperazine rings is 1. The number of fused-ring (bicyclic) bond motifs is 2. The maximum absolute atomic E-state index is 13.5. The van der Waals surface area contributed by atoms with E-state index in [1.165, 1.54) is 4.90 Å². The van der Waals surface area contributed by atoms with E-state index in [9.17, 15) is 24.0 Å². The molecule has 6 heterocycles. The molecule has 2 N–H and O–H groups in total. The second-order valence-electron chi connectivity index (χ2n) is 14.8. The van der Waals surface area contributed by atoms with Crippen LogP contribution in [0, 0.1) is 0 Å². The molecule has 286 valence electrons. The van der Waals surface area contributed by atoms with Gasteiger partial charge in [0.1, 0.15) is 29.0 Å². The summed E-state index contributed by atoms with van der Waals surface area (Å²) in [6, 6.07) is 10.3.